The first-order chi connectivity index (χ1) is 15.5. The first-order valence-electron chi connectivity index (χ1n) is 9.37. The molecule has 3 N–H and O–H groups in total. The number of carbonyl (C=O) groups excluding carboxylic acids is 1. The second-order valence-electron chi connectivity index (χ2n) is 6.80. The maximum atomic E-state index is 12.6. The van der Waals surface area contributed by atoms with E-state index in [0.29, 0.717) is 10.6 Å². The first kappa shape index (κ1) is 24.6. The summed E-state index contributed by atoms with van der Waals surface area (Å²) in [7, 11) is 1.43. The Morgan fingerprint density at radius 2 is 2.03 bits per heavy atom. The van der Waals surface area contributed by atoms with Gasteiger partial charge >= 0.3 is 6.18 Å². The summed E-state index contributed by atoms with van der Waals surface area (Å²) in [5, 5.41) is 20.6. The van der Waals surface area contributed by atoms with Crippen molar-refractivity contribution in [3.63, 3.8) is 0 Å². The fourth-order valence-corrected chi connectivity index (χ4v) is 3.43. The number of rotatable bonds is 7. The summed E-state index contributed by atoms with van der Waals surface area (Å²) in [6.07, 6.45) is -4.75. The van der Waals surface area contributed by atoms with Crippen LogP contribution in [-0.4, -0.2) is 45.6 Å². The zero-order chi connectivity index (χ0) is 24.3. The maximum absolute atomic E-state index is 12.6. The van der Waals surface area contributed by atoms with Crippen LogP contribution >= 0.6 is 23.2 Å². The number of aromatic nitrogens is 3. The van der Waals surface area contributed by atoms with Gasteiger partial charge in [0.25, 0.3) is 5.91 Å². The number of aryl methyl sites for hydroxylation is 1. The maximum Gasteiger partial charge on any atom is 0.422 e. The number of alkyl halides is 3. The van der Waals surface area contributed by atoms with Crippen LogP contribution in [0.4, 0.5) is 18.9 Å². The monoisotopic (exact) mass is 503 g/mol. The highest BCUT2D eigenvalue weighted by Crippen LogP contribution is 2.31. The lowest BCUT2D eigenvalue weighted by molar-refractivity contribution is -0.154. The number of aliphatic hydroxyl groups is 1. The van der Waals surface area contributed by atoms with Gasteiger partial charge in [-0.2, -0.15) is 13.2 Å². The second kappa shape index (κ2) is 9.86. The van der Waals surface area contributed by atoms with Gasteiger partial charge in [0.1, 0.15) is 0 Å². The molecule has 0 bridgehead atoms. The van der Waals surface area contributed by atoms with Gasteiger partial charge in [-0.25, -0.2) is 9.67 Å². The summed E-state index contributed by atoms with van der Waals surface area (Å²) in [5.74, 6) is -0.828. The Hall–Kier alpha value is -3.02. The Morgan fingerprint density at radius 1 is 1.30 bits per heavy atom. The summed E-state index contributed by atoms with van der Waals surface area (Å²) in [6, 6.07) is 7.15. The van der Waals surface area contributed by atoms with E-state index in [1.807, 2.05) is 0 Å². The molecule has 1 unspecified atom stereocenters. The zero-order valence-corrected chi connectivity index (χ0v) is 18.8. The highest BCUT2D eigenvalue weighted by molar-refractivity contribution is 6.32. The predicted molar refractivity (Wildman–Crippen MR) is 116 cm³/mol. The van der Waals surface area contributed by atoms with E-state index in [9.17, 15) is 23.1 Å². The molecule has 0 fully saturated rings. The number of pyridine rings is 1. The van der Waals surface area contributed by atoms with Crippen LogP contribution < -0.4 is 15.4 Å². The number of hydrogen-bond donors (Lipinski definition) is 3. The van der Waals surface area contributed by atoms with Gasteiger partial charge in [-0.3, -0.25) is 4.79 Å². The van der Waals surface area contributed by atoms with E-state index < -0.39 is 30.8 Å². The van der Waals surface area contributed by atoms with Gasteiger partial charge in [0.2, 0.25) is 5.88 Å². The van der Waals surface area contributed by atoms with Crippen LogP contribution in [0.15, 0.2) is 36.5 Å². The number of aliphatic hydroxyl groups excluding tert-OH is 1. The van der Waals surface area contributed by atoms with Crippen LogP contribution in [0.1, 0.15) is 27.8 Å². The van der Waals surface area contributed by atoms with E-state index >= 15 is 0 Å². The average Bonchev–Trinajstić information content (AvgIpc) is 3.17. The van der Waals surface area contributed by atoms with Crippen LogP contribution in [0.5, 0.6) is 5.88 Å². The molecule has 1 amide bonds. The molecular weight excluding hydrogens is 486 g/mol. The summed E-state index contributed by atoms with van der Waals surface area (Å²) in [6.45, 7) is 0.0815. The Labute approximate surface area is 196 Å². The third-order valence-corrected chi connectivity index (χ3v) is 4.88. The van der Waals surface area contributed by atoms with Gasteiger partial charge in [-0.05, 0) is 36.8 Å². The molecule has 0 spiro atoms. The molecule has 0 radical (unpaired) electrons. The molecule has 0 aliphatic carbocycles. The number of nitrogens with zero attached hydrogens (tertiary/aromatic N) is 3. The lowest BCUT2D eigenvalue weighted by atomic mass is 10.1. The molecule has 2 heterocycles. The van der Waals surface area contributed by atoms with Crippen molar-refractivity contribution in [1.82, 2.24) is 20.1 Å². The normalized spacial score (nSPS) is 12.4. The van der Waals surface area contributed by atoms with Crippen LogP contribution in [0, 0.1) is 6.92 Å². The molecule has 3 aromatic rings. The van der Waals surface area contributed by atoms with E-state index in [1.54, 1.807) is 19.1 Å². The van der Waals surface area contributed by atoms with Crippen LogP contribution in [0.2, 0.25) is 10.0 Å². The third kappa shape index (κ3) is 5.86. The van der Waals surface area contributed by atoms with E-state index in [1.165, 1.54) is 25.4 Å². The highest BCUT2D eigenvalue weighted by Gasteiger charge is 2.30. The molecular formula is C20H18Cl2F3N5O3. The number of carbonyl (C=O) groups is 1. The molecule has 1 atom stereocenters. The molecule has 176 valence electrons. The van der Waals surface area contributed by atoms with Gasteiger partial charge in [-0.1, -0.05) is 23.2 Å². The molecule has 2 aromatic heterocycles. The number of ether oxygens (including phenoxy) is 1. The van der Waals surface area contributed by atoms with Crippen molar-refractivity contribution in [3.05, 3.63) is 63.4 Å². The Bertz CT molecular complexity index is 1170. The lowest BCUT2D eigenvalue weighted by Gasteiger charge is -2.20. The van der Waals surface area contributed by atoms with E-state index in [2.05, 4.69) is 20.7 Å². The van der Waals surface area contributed by atoms with Crippen molar-refractivity contribution in [2.75, 3.05) is 19.0 Å². The minimum atomic E-state index is -4.59. The van der Waals surface area contributed by atoms with Crippen LogP contribution in [-0.2, 0) is 0 Å². The standard InChI is InChI=1S/C20H18Cl2F3N5O3/c1-10-6-11(21)7-12(18(31)26-2)16(10)28-19(32)14-8-15(33-9-20(23,24)25)29-30(14)17-13(22)4-3-5-27-17/h3-8,19,28,32H,9H2,1-2H3,(H,26,31). The summed E-state index contributed by atoms with van der Waals surface area (Å²) >= 11 is 12.2. The van der Waals surface area contributed by atoms with Gasteiger partial charge in [-0.15, -0.1) is 5.10 Å². The summed E-state index contributed by atoms with van der Waals surface area (Å²) in [4.78, 5) is 16.4. The quantitative estimate of drug-likeness (QED) is 0.416. The number of nitrogens with one attached hydrogen (secondary N) is 2. The van der Waals surface area contributed by atoms with Crippen molar-refractivity contribution < 1.29 is 27.8 Å². The third-order valence-electron chi connectivity index (χ3n) is 4.37. The fraction of sp³-hybridized carbons (Fsp3) is 0.250. The predicted octanol–water partition coefficient (Wildman–Crippen LogP) is 4.29. The molecule has 0 aliphatic heterocycles. The number of benzene rings is 1. The number of halogens is 5. The number of amides is 1. The van der Waals surface area contributed by atoms with Crippen molar-refractivity contribution >= 4 is 34.8 Å². The van der Waals surface area contributed by atoms with E-state index in [4.69, 9.17) is 27.9 Å². The lowest BCUT2D eigenvalue weighted by Crippen LogP contribution is -2.22. The molecule has 1 aromatic carbocycles. The molecule has 3 rings (SSSR count). The van der Waals surface area contributed by atoms with Crippen molar-refractivity contribution in [2.45, 2.75) is 19.3 Å². The van der Waals surface area contributed by atoms with Crippen LogP contribution in [0.25, 0.3) is 5.82 Å². The van der Waals surface area contributed by atoms with Gasteiger partial charge < -0.3 is 20.5 Å². The number of anilines is 1. The summed E-state index contributed by atoms with van der Waals surface area (Å²) < 4.78 is 43.6. The molecule has 13 heteroatoms. The minimum absolute atomic E-state index is 0.0371. The SMILES string of the molecule is CNC(=O)c1cc(Cl)cc(C)c1NC(O)c1cc(OCC(F)(F)F)nn1-c1ncccc1Cl. The van der Waals surface area contributed by atoms with Crippen LogP contribution in [0.3, 0.4) is 0 Å². The van der Waals surface area contributed by atoms with E-state index in [-0.39, 0.29) is 27.8 Å². The average molecular weight is 504 g/mol. The highest BCUT2D eigenvalue weighted by atomic mass is 35.5. The zero-order valence-electron chi connectivity index (χ0n) is 17.2. The second-order valence-corrected chi connectivity index (χ2v) is 7.65. The molecule has 0 saturated carbocycles. The molecule has 0 saturated heterocycles. The van der Waals surface area contributed by atoms with Crippen molar-refractivity contribution in [1.29, 1.82) is 0 Å². The molecule has 33 heavy (non-hydrogen) atoms. The molecule has 0 aliphatic rings. The first-order valence-corrected chi connectivity index (χ1v) is 10.1. The molecule has 8 nitrogen and oxygen atoms in total. The van der Waals surface area contributed by atoms with Crippen molar-refractivity contribution in [2.24, 2.45) is 0 Å². The minimum Gasteiger partial charge on any atom is -0.467 e. The van der Waals surface area contributed by atoms with Gasteiger partial charge in [0.15, 0.2) is 18.7 Å². The number of hydrogen-bond acceptors (Lipinski definition) is 6. The topological polar surface area (TPSA) is 101 Å². The Balaban J connectivity index is 2.04. The van der Waals surface area contributed by atoms with E-state index in [0.717, 1.165) is 10.7 Å². The fourth-order valence-electron chi connectivity index (χ4n) is 2.96. The Morgan fingerprint density at radius 3 is 2.67 bits per heavy atom. The largest absolute Gasteiger partial charge is 0.467 e. The Kier molecular flexibility index (Phi) is 7.35. The summed E-state index contributed by atoms with van der Waals surface area (Å²) in [5.41, 5.74) is 0.904. The van der Waals surface area contributed by atoms with Crippen molar-refractivity contribution in [3.8, 4) is 11.7 Å². The van der Waals surface area contributed by atoms with Gasteiger partial charge in [0, 0.05) is 24.3 Å². The van der Waals surface area contributed by atoms with Gasteiger partial charge in [0.05, 0.1) is 22.0 Å². The smallest absolute Gasteiger partial charge is 0.422 e.